The largest absolute Gasteiger partial charge is 0.438 e. The lowest BCUT2D eigenvalue weighted by molar-refractivity contribution is -0.436. The van der Waals surface area contributed by atoms with Crippen molar-refractivity contribution in [1.82, 2.24) is 4.98 Å². The Morgan fingerprint density at radius 1 is 0.553 bits per heavy atom. The van der Waals surface area contributed by atoms with Gasteiger partial charge in [0.15, 0.2) is 0 Å². The molecule has 0 aliphatic rings. The van der Waals surface area contributed by atoms with E-state index in [1.165, 1.54) is 0 Å². The molecule has 38 heavy (non-hydrogen) atoms. The normalized spacial score (nSPS) is 15.1. The van der Waals surface area contributed by atoms with E-state index in [4.69, 9.17) is 4.55 Å². The minimum atomic E-state index is -8.60. The summed E-state index contributed by atoms with van der Waals surface area (Å²) in [6, 6.07) is 5.72. The first-order chi connectivity index (χ1) is 16.5. The molecule has 1 N–H and O–H groups in total. The summed E-state index contributed by atoms with van der Waals surface area (Å²) in [5, 5.41) is -7.74. The first-order valence-electron chi connectivity index (χ1n) is 8.99. The molecule has 22 heteroatoms. The molecular formula is C16H12F17NO3S. The van der Waals surface area contributed by atoms with Gasteiger partial charge in [-0.1, -0.05) is 6.07 Å². The van der Waals surface area contributed by atoms with Gasteiger partial charge in [0.1, 0.15) is 0 Å². The Balaban J connectivity index is 0.00000198. The number of halogens is 17. The van der Waals surface area contributed by atoms with Crippen molar-refractivity contribution in [3.8, 4) is 0 Å². The molecule has 0 bridgehead atoms. The van der Waals surface area contributed by atoms with Gasteiger partial charge in [-0.3, -0.25) is 9.54 Å². The number of pyridine rings is 1. The second kappa shape index (κ2) is 10.8. The lowest BCUT2D eigenvalue weighted by atomic mass is 9.89. The van der Waals surface area contributed by atoms with Gasteiger partial charge in [0.25, 0.3) is 0 Å². The molecular weight excluding hydrogens is 609 g/mol. The van der Waals surface area contributed by atoms with Crippen molar-refractivity contribution in [2.45, 2.75) is 66.2 Å². The summed E-state index contributed by atoms with van der Waals surface area (Å²) in [6.45, 7) is 0. The number of aromatic nitrogens is 1. The minimum absolute atomic E-state index is 1.75. The number of alkyl halides is 17. The second-order valence-corrected chi connectivity index (χ2v) is 8.52. The molecule has 1 aromatic rings. The highest BCUT2D eigenvalue weighted by Crippen LogP contribution is 2.63. The Morgan fingerprint density at radius 3 is 1.21 bits per heavy atom. The van der Waals surface area contributed by atoms with Crippen LogP contribution in [0.4, 0.5) is 74.6 Å². The maximum Gasteiger partial charge on any atom is 0.438 e. The van der Waals surface area contributed by atoms with Gasteiger partial charge in [-0.2, -0.15) is 83.1 Å². The first kappa shape index (κ1) is 35.9. The fourth-order valence-corrected chi connectivity index (χ4v) is 2.60. The maximum atomic E-state index is 13.4. The van der Waals surface area contributed by atoms with E-state index in [9.17, 15) is 83.1 Å². The molecule has 0 radical (unpaired) electrons. The predicted octanol–water partition coefficient (Wildman–Crippen LogP) is 7.09. The molecule has 1 heterocycles. The summed E-state index contributed by atoms with van der Waals surface area (Å²) in [5.74, 6) is -48.5. The fraction of sp³-hybridized carbons (Fsp3) is 0.688. The second-order valence-electron chi connectivity index (χ2n) is 7.06. The zero-order valence-electron chi connectivity index (χ0n) is 17.6. The summed E-state index contributed by atoms with van der Waals surface area (Å²) >= 11 is 0. The monoisotopic (exact) mass is 621 g/mol. The van der Waals surface area contributed by atoms with Crippen LogP contribution in [-0.4, -0.2) is 64.9 Å². The summed E-state index contributed by atoms with van der Waals surface area (Å²) in [6.07, 6.45) is -9.53. The van der Waals surface area contributed by atoms with Crippen molar-refractivity contribution in [2.24, 2.45) is 0 Å². The Hall–Kier alpha value is -2.13. The van der Waals surface area contributed by atoms with E-state index in [0.717, 1.165) is 0 Å². The number of hydrogen-bond acceptors (Lipinski definition) is 3. The van der Waals surface area contributed by atoms with Crippen molar-refractivity contribution in [1.29, 1.82) is 0 Å². The molecule has 0 saturated heterocycles. The molecule has 0 unspecified atom stereocenters. The van der Waals surface area contributed by atoms with Gasteiger partial charge in [-0.15, -0.1) is 0 Å². The highest BCUT2D eigenvalue weighted by atomic mass is 32.2. The summed E-state index contributed by atoms with van der Waals surface area (Å²) in [5.41, 5.74) is 0. The van der Waals surface area contributed by atoms with Crippen molar-refractivity contribution in [3.63, 3.8) is 0 Å². The summed E-state index contributed by atoms with van der Waals surface area (Å²) in [4.78, 5) is 3.78. The molecule has 0 fully saturated rings. The molecule has 0 spiro atoms. The average molecular weight is 621 g/mol. The molecule has 0 amide bonds. The van der Waals surface area contributed by atoms with Crippen molar-refractivity contribution in [3.05, 3.63) is 30.6 Å². The first-order valence-corrected chi connectivity index (χ1v) is 10.4. The molecule has 1 rings (SSSR count). The van der Waals surface area contributed by atoms with E-state index in [-0.39, 0.29) is 0 Å². The van der Waals surface area contributed by atoms with Crippen LogP contribution in [0.1, 0.15) is 19.3 Å². The van der Waals surface area contributed by atoms with Gasteiger partial charge in [0, 0.05) is 25.2 Å². The Labute approximate surface area is 200 Å². The van der Waals surface area contributed by atoms with Crippen LogP contribution in [0.25, 0.3) is 0 Å². The Bertz CT molecular complexity index is 983. The topological polar surface area (TPSA) is 67.3 Å². The van der Waals surface area contributed by atoms with Crippen LogP contribution >= 0.6 is 0 Å². The van der Waals surface area contributed by atoms with Crippen molar-refractivity contribution in [2.75, 3.05) is 0 Å². The standard InChI is InChI=1S/C11H7F17O3S.C5H5N/c12-4(13,2-1-3-5(14,15)16)6(17,18)7(19,20)8(21,22)9(23,24)10(25,26)11(27,28)32(29,30)31;1-2-4-6-5-3-1/h1-3H2,(H,29,30,31);1-5H. The van der Waals surface area contributed by atoms with Gasteiger partial charge < -0.3 is 0 Å². The maximum absolute atomic E-state index is 13.4. The average Bonchev–Trinajstić information content (AvgIpc) is 2.72. The quantitative estimate of drug-likeness (QED) is 0.224. The van der Waals surface area contributed by atoms with Crippen LogP contribution in [0.2, 0.25) is 0 Å². The molecule has 0 aliphatic heterocycles. The zero-order chi connectivity index (χ0) is 30.9. The highest BCUT2D eigenvalue weighted by Gasteiger charge is 2.94. The molecule has 0 aromatic carbocycles. The number of rotatable bonds is 10. The van der Waals surface area contributed by atoms with Crippen LogP contribution in [0.15, 0.2) is 30.6 Å². The molecule has 4 nitrogen and oxygen atoms in total. The van der Waals surface area contributed by atoms with Gasteiger partial charge in [-0.25, -0.2) is 0 Å². The van der Waals surface area contributed by atoms with E-state index in [2.05, 4.69) is 4.98 Å². The van der Waals surface area contributed by atoms with E-state index >= 15 is 0 Å². The van der Waals surface area contributed by atoms with E-state index in [1.807, 2.05) is 18.2 Å². The molecule has 0 aliphatic carbocycles. The molecule has 224 valence electrons. The van der Waals surface area contributed by atoms with Gasteiger partial charge in [-0.05, 0) is 18.6 Å². The SMILES string of the molecule is O=S(=O)(O)C(F)(F)C(F)(F)C(F)(F)C(F)(F)C(F)(F)C(F)(F)C(F)(F)CCCC(F)(F)F.c1ccncc1. The van der Waals surface area contributed by atoms with E-state index in [1.54, 1.807) is 12.4 Å². The van der Waals surface area contributed by atoms with Crippen LogP contribution < -0.4 is 0 Å². The van der Waals surface area contributed by atoms with Gasteiger partial charge in [0.05, 0.1) is 0 Å². The predicted molar refractivity (Wildman–Crippen MR) is 90.3 cm³/mol. The van der Waals surface area contributed by atoms with Gasteiger partial charge >= 0.3 is 57.1 Å². The van der Waals surface area contributed by atoms with Crippen LogP contribution in [0.3, 0.4) is 0 Å². The fourth-order valence-electron chi connectivity index (χ4n) is 2.15. The lowest BCUT2D eigenvalue weighted by Crippen LogP contribution is -2.73. The lowest BCUT2D eigenvalue weighted by Gasteiger charge is -2.42. The van der Waals surface area contributed by atoms with Crippen LogP contribution in [0, 0.1) is 0 Å². The number of nitrogens with zero attached hydrogens (tertiary/aromatic N) is 1. The van der Waals surface area contributed by atoms with E-state index < -0.39 is 76.3 Å². The van der Waals surface area contributed by atoms with Crippen LogP contribution in [-0.2, 0) is 10.1 Å². The smallest absolute Gasteiger partial charge is 0.281 e. The summed E-state index contributed by atoms with van der Waals surface area (Å²) in [7, 11) is -7.82. The summed E-state index contributed by atoms with van der Waals surface area (Å²) < 4.78 is 249. The molecule has 0 atom stereocenters. The molecule has 1 aromatic heterocycles. The minimum Gasteiger partial charge on any atom is -0.281 e. The van der Waals surface area contributed by atoms with Gasteiger partial charge in [0.2, 0.25) is 0 Å². The molecule has 0 saturated carbocycles. The number of hydrogen-bond donors (Lipinski definition) is 1. The van der Waals surface area contributed by atoms with E-state index in [0.29, 0.717) is 0 Å². The third-order valence-corrected chi connectivity index (χ3v) is 5.15. The van der Waals surface area contributed by atoms with Crippen molar-refractivity contribution >= 4 is 10.1 Å². The zero-order valence-corrected chi connectivity index (χ0v) is 18.4. The van der Waals surface area contributed by atoms with Crippen LogP contribution in [0.5, 0.6) is 0 Å². The third-order valence-electron chi connectivity index (χ3n) is 4.24. The highest BCUT2D eigenvalue weighted by molar-refractivity contribution is 7.87. The Morgan fingerprint density at radius 2 is 0.921 bits per heavy atom. The van der Waals surface area contributed by atoms with Crippen molar-refractivity contribution < 1.29 is 87.6 Å². The Kier molecular flexibility index (Phi) is 10.2. The third kappa shape index (κ3) is 6.53.